The Kier molecular flexibility index (Phi) is 4.83. The van der Waals surface area contributed by atoms with Crippen LogP contribution in [-0.2, 0) is 28.5 Å². The first-order valence-corrected chi connectivity index (χ1v) is 6.89. The first-order valence-electron chi connectivity index (χ1n) is 6.89. The lowest BCUT2D eigenvalue weighted by atomic mass is 10.0. The maximum atomic E-state index is 11.5. The molecule has 0 radical (unpaired) electrons. The van der Waals surface area contributed by atoms with Gasteiger partial charge in [-0.25, -0.2) is 4.79 Å². The van der Waals surface area contributed by atoms with Crippen molar-refractivity contribution in [3.05, 3.63) is 25.3 Å². The zero-order valence-corrected chi connectivity index (χ0v) is 12.6. The lowest BCUT2D eigenvalue weighted by Gasteiger charge is -2.29. The molecule has 2 saturated heterocycles. The average molecular weight is 298 g/mol. The Morgan fingerprint density at radius 3 is 2.67 bits per heavy atom. The topological polar surface area (TPSA) is 63.2 Å². The monoisotopic (exact) mass is 298 g/mol. The number of methoxy groups -OCH3 is 1. The van der Waals surface area contributed by atoms with Crippen molar-refractivity contribution in [3.63, 3.8) is 0 Å². The maximum Gasteiger partial charge on any atom is 0.330 e. The van der Waals surface area contributed by atoms with Crippen LogP contribution in [0.15, 0.2) is 25.3 Å². The molecule has 0 amide bonds. The molecular weight excluding hydrogens is 276 g/mol. The fourth-order valence-corrected chi connectivity index (χ4v) is 2.68. The molecule has 0 aromatic rings. The summed E-state index contributed by atoms with van der Waals surface area (Å²) in [5.41, 5.74) is 0. The van der Waals surface area contributed by atoms with Crippen LogP contribution in [0.25, 0.3) is 0 Å². The van der Waals surface area contributed by atoms with Gasteiger partial charge in [-0.2, -0.15) is 0 Å². The van der Waals surface area contributed by atoms with Crippen LogP contribution in [0, 0.1) is 0 Å². The summed E-state index contributed by atoms with van der Waals surface area (Å²) in [6, 6.07) is 0. The van der Waals surface area contributed by atoms with E-state index in [1.807, 2.05) is 13.8 Å². The quantitative estimate of drug-likeness (QED) is 0.421. The zero-order valence-electron chi connectivity index (χ0n) is 12.6. The minimum absolute atomic E-state index is 0.357. The lowest BCUT2D eigenvalue weighted by molar-refractivity contribution is -0.229. The van der Waals surface area contributed by atoms with E-state index in [1.165, 1.54) is 0 Å². The predicted octanol–water partition coefficient (Wildman–Crippen LogP) is 1.55. The van der Waals surface area contributed by atoms with E-state index in [1.54, 1.807) is 13.2 Å². The van der Waals surface area contributed by atoms with Crippen molar-refractivity contribution in [1.29, 1.82) is 0 Å². The van der Waals surface area contributed by atoms with Gasteiger partial charge in [-0.1, -0.05) is 12.7 Å². The molecule has 2 fully saturated rings. The van der Waals surface area contributed by atoms with Gasteiger partial charge in [0.15, 0.2) is 12.1 Å². The van der Waals surface area contributed by atoms with Gasteiger partial charge in [-0.15, -0.1) is 6.58 Å². The zero-order chi connectivity index (χ0) is 15.6. The summed E-state index contributed by atoms with van der Waals surface area (Å²) in [6.45, 7) is 10.7. The van der Waals surface area contributed by atoms with Gasteiger partial charge >= 0.3 is 5.97 Å². The molecule has 6 heteroatoms. The van der Waals surface area contributed by atoms with E-state index in [2.05, 4.69) is 13.2 Å². The van der Waals surface area contributed by atoms with Gasteiger partial charge in [-0.05, 0) is 13.8 Å². The highest BCUT2D eigenvalue weighted by molar-refractivity contribution is 5.81. The number of esters is 1. The standard InChI is InChI=1S/C15H22O6/c1-6-8-9(18-10(16)7-2)11-12(17-5)13-14(19-11)21-15(3,4)20-13/h6-7,9,11-14H,1-2,8H2,3-5H3/t9-,11-,12+,13-,14-/m1/s1. The molecule has 118 valence electrons. The smallest absolute Gasteiger partial charge is 0.330 e. The van der Waals surface area contributed by atoms with Gasteiger partial charge in [0.25, 0.3) is 0 Å². The third kappa shape index (κ3) is 3.35. The Hall–Kier alpha value is -1.21. The summed E-state index contributed by atoms with van der Waals surface area (Å²) in [6.07, 6.45) is 0.920. The second-order valence-electron chi connectivity index (χ2n) is 5.47. The molecule has 0 bridgehead atoms. The molecule has 0 aromatic heterocycles. The highest BCUT2D eigenvalue weighted by Crippen LogP contribution is 2.40. The second-order valence-corrected chi connectivity index (χ2v) is 5.47. The Morgan fingerprint density at radius 1 is 1.38 bits per heavy atom. The molecule has 6 nitrogen and oxygen atoms in total. The van der Waals surface area contributed by atoms with Crippen molar-refractivity contribution >= 4 is 5.97 Å². The summed E-state index contributed by atoms with van der Waals surface area (Å²) in [5.74, 6) is -1.23. The van der Waals surface area contributed by atoms with E-state index in [0.29, 0.717) is 6.42 Å². The molecular formula is C15H22O6. The number of hydrogen-bond acceptors (Lipinski definition) is 6. The average Bonchev–Trinajstić information content (AvgIpc) is 2.89. The minimum atomic E-state index is -0.719. The first-order chi connectivity index (χ1) is 9.91. The summed E-state index contributed by atoms with van der Waals surface area (Å²) in [5, 5.41) is 0. The van der Waals surface area contributed by atoms with Crippen molar-refractivity contribution in [2.45, 2.75) is 56.8 Å². The highest BCUT2D eigenvalue weighted by Gasteiger charge is 2.57. The second kappa shape index (κ2) is 6.27. The largest absolute Gasteiger partial charge is 0.456 e. The molecule has 0 unspecified atom stereocenters. The van der Waals surface area contributed by atoms with Crippen molar-refractivity contribution in [2.24, 2.45) is 0 Å². The first kappa shape index (κ1) is 16.2. The van der Waals surface area contributed by atoms with E-state index in [-0.39, 0.29) is 12.2 Å². The van der Waals surface area contributed by atoms with Gasteiger partial charge in [0, 0.05) is 19.6 Å². The molecule has 5 atom stereocenters. The molecule has 0 aromatic carbocycles. The van der Waals surface area contributed by atoms with Crippen LogP contribution < -0.4 is 0 Å². The van der Waals surface area contributed by atoms with Crippen LogP contribution >= 0.6 is 0 Å². The van der Waals surface area contributed by atoms with Gasteiger partial charge in [0.1, 0.15) is 24.4 Å². The summed E-state index contributed by atoms with van der Waals surface area (Å²) in [4.78, 5) is 11.5. The van der Waals surface area contributed by atoms with Crippen molar-refractivity contribution < 1.29 is 28.5 Å². The molecule has 0 spiro atoms. The van der Waals surface area contributed by atoms with Crippen LogP contribution in [-0.4, -0.2) is 49.6 Å². The number of carbonyl (C=O) groups excluding carboxylic acids is 1. The minimum Gasteiger partial charge on any atom is -0.456 e. The van der Waals surface area contributed by atoms with Crippen LogP contribution in [0.3, 0.4) is 0 Å². The normalized spacial score (nSPS) is 35.0. The third-order valence-corrected chi connectivity index (χ3v) is 3.50. The predicted molar refractivity (Wildman–Crippen MR) is 74.4 cm³/mol. The molecule has 0 N–H and O–H groups in total. The van der Waals surface area contributed by atoms with Gasteiger partial charge in [0.05, 0.1) is 0 Å². The molecule has 0 saturated carbocycles. The summed E-state index contributed by atoms with van der Waals surface area (Å²) < 4.78 is 28.2. The number of carbonyl (C=O) groups is 1. The summed E-state index contributed by atoms with van der Waals surface area (Å²) in [7, 11) is 1.57. The molecule has 21 heavy (non-hydrogen) atoms. The van der Waals surface area contributed by atoms with Crippen molar-refractivity contribution in [2.75, 3.05) is 7.11 Å². The number of fused-ring (bicyclic) bond motifs is 1. The van der Waals surface area contributed by atoms with E-state index in [9.17, 15) is 4.79 Å². The number of hydrogen-bond donors (Lipinski definition) is 0. The Morgan fingerprint density at radius 2 is 2.10 bits per heavy atom. The molecule has 2 rings (SSSR count). The Balaban J connectivity index is 2.13. The summed E-state index contributed by atoms with van der Waals surface area (Å²) >= 11 is 0. The molecule has 2 aliphatic rings. The molecule has 0 aliphatic carbocycles. The third-order valence-electron chi connectivity index (χ3n) is 3.50. The SMILES string of the molecule is C=CC[C@@H](OC(=O)C=C)[C@H]1O[C@@H]2OC(C)(C)O[C@@H]2[C@H]1OC. The van der Waals surface area contributed by atoms with E-state index >= 15 is 0 Å². The van der Waals surface area contributed by atoms with Crippen LogP contribution in [0.1, 0.15) is 20.3 Å². The highest BCUT2D eigenvalue weighted by atomic mass is 16.8. The number of rotatable bonds is 6. The molecule has 2 heterocycles. The van der Waals surface area contributed by atoms with Crippen LogP contribution in [0.2, 0.25) is 0 Å². The van der Waals surface area contributed by atoms with E-state index in [0.717, 1.165) is 6.08 Å². The van der Waals surface area contributed by atoms with Gasteiger partial charge < -0.3 is 23.7 Å². The molecule has 2 aliphatic heterocycles. The van der Waals surface area contributed by atoms with Crippen molar-refractivity contribution in [1.82, 2.24) is 0 Å². The fourth-order valence-electron chi connectivity index (χ4n) is 2.68. The van der Waals surface area contributed by atoms with Crippen LogP contribution in [0.4, 0.5) is 0 Å². The van der Waals surface area contributed by atoms with E-state index in [4.69, 9.17) is 23.7 Å². The van der Waals surface area contributed by atoms with Crippen molar-refractivity contribution in [3.8, 4) is 0 Å². The van der Waals surface area contributed by atoms with Gasteiger partial charge in [0.2, 0.25) is 0 Å². The lowest BCUT2D eigenvalue weighted by Crippen LogP contribution is -2.43. The fraction of sp³-hybridized carbons (Fsp3) is 0.667. The Bertz CT molecular complexity index is 418. The number of ether oxygens (including phenoxy) is 5. The Labute approximate surface area is 124 Å². The maximum absolute atomic E-state index is 11.5. The van der Waals surface area contributed by atoms with E-state index < -0.39 is 30.3 Å². The van der Waals surface area contributed by atoms with Crippen LogP contribution in [0.5, 0.6) is 0 Å². The van der Waals surface area contributed by atoms with Gasteiger partial charge in [-0.3, -0.25) is 0 Å².